The molecule has 0 bridgehead atoms. The molecule has 0 saturated heterocycles. The smallest absolute Gasteiger partial charge is 0.164 e. The van der Waals surface area contributed by atoms with Gasteiger partial charge in [-0.1, -0.05) is 0 Å². The minimum absolute atomic E-state index is 0.422. The van der Waals surface area contributed by atoms with Crippen LogP contribution in [0, 0.1) is 11.9 Å². The molecule has 1 aliphatic heterocycles. The molecule has 0 aliphatic carbocycles. The minimum atomic E-state index is -0.422. The summed E-state index contributed by atoms with van der Waals surface area (Å²) in [5, 5.41) is 0. The molecule has 2 rings (SSSR count). The minimum Gasteiger partial charge on any atom is -0.486 e. The van der Waals surface area contributed by atoms with Crippen molar-refractivity contribution in [2.24, 2.45) is 0 Å². The first kappa shape index (κ1) is 6.46. The molecule has 0 spiro atoms. The third-order valence-corrected chi connectivity index (χ3v) is 1.44. The normalized spacial score (nSPS) is 14.6. The van der Waals surface area contributed by atoms with E-state index in [2.05, 4.69) is 6.07 Å². The summed E-state index contributed by atoms with van der Waals surface area (Å²) in [6.07, 6.45) is 0. The van der Waals surface area contributed by atoms with E-state index in [1.54, 1.807) is 0 Å². The number of hydrogen-bond acceptors (Lipinski definition) is 2. The predicted molar refractivity (Wildman–Crippen MR) is 36.2 cm³/mol. The van der Waals surface area contributed by atoms with Gasteiger partial charge in [0.2, 0.25) is 0 Å². The highest BCUT2D eigenvalue weighted by Gasteiger charge is 2.11. The van der Waals surface area contributed by atoms with Gasteiger partial charge < -0.3 is 9.47 Å². The van der Waals surface area contributed by atoms with Crippen LogP contribution in [0.25, 0.3) is 0 Å². The second-order valence-electron chi connectivity index (χ2n) is 2.21. The molecule has 0 atom stereocenters. The number of ether oxygens (including phenoxy) is 2. The van der Waals surface area contributed by atoms with Crippen LogP contribution in [0.2, 0.25) is 0 Å². The molecule has 0 fully saturated rings. The maximum Gasteiger partial charge on any atom is 0.164 e. The molecule has 57 valence electrons. The van der Waals surface area contributed by atoms with E-state index in [0.29, 0.717) is 24.7 Å². The third-order valence-electron chi connectivity index (χ3n) is 1.44. The molecule has 0 aromatic heterocycles. The van der Waals surface area contributed by atoms with Gasteiger partial charge in [0, 0.05) is 12.1 Å². The summed E-state index contributed by atoms with van der Waals surface area (Å²) in [5.41, 5.74) is 0. The molecule has 1 heterocycles. The predicted octanol–water partition coefficient (Wildman–Crippen LogP) is 1.40. The monoisotopic (exact) mass is 153 g/mol. The maximum absolute atomic E-state index is 12.5. The molecule has 0 saturated carbocycles. The second kappa shape index (κ2) is 2.42. The van der Waals surface area contributed by atoms with E-state index < -0.39 is 5.82 Å². The van der Waals surface area contributed by atoms with Crippen molar-refractivity contribution < 1.29 is 13.9 Å². The van der Waals surface area contributed by atoms with E-state index in [-0.39, 0.29) is 0 Å². The van der Waals surface area contributed by atoms with E-state index in [1.807, 2.05) is 0 Å². The maximum atomic E-state index is 12.5. The van der Waals surface area contributed by atoms with Crippen LogP contribution in [0.4, 0.5) is 4.39 Å². The molecule has 3 heteroatoms. The summed E-state index contributed by atoms with van der Waals surface area (Å²) in [6, 6.07) is 5.11. The number of rotatable bonds is 0. The zero-order valence-corrected chi connectivity index (χ0v) is 5.76. The van der Waals surface area contributed by atoms with Gasteiger partial charge in [0.25, 0.3) is 0 Å². The Balaban J connectivity index is 2.43. The fraction of sp³-hybridized carbons (Fsp3) is 0.250. The Hall–Kier alpha value is -1.25. The summed E-state index contributed by atoms with van der Waals surface area (Å²) in [6.45, 7) is 1.00. The SMILES string of the molecule is Fc1[c]cc2c(c1)OCCO2. The molecule has 0 unspecified atom stereocenters. The Labute approximate surface area is 63.5 Å². The lowest BCUT2D eigenvalue weighted by atomic mass is 10.3. The van der Waals surface area contributed by atoms with Crippen molar-refractivity contribution in [3.05, 3.63) is 24.0 Å². The summed E-state index contributed by atoms with van der Waals surface area (Å²) in [4.78, 5) is 0. The molecule has 11 heavy (non-hydrogen) atoms. The number of benzene rings is 1. The lowest BCUT2D eigenvalue weighted by Gasteiger charge is -2.17. The number of fused-ring (bicyclic) bond motifs is 1. The van der Waals surface area contributed by atoms with Crippen LogP contribution in [-0.4, -0.2) is 13.2 Å². The van der Waals surface area contributed by atoms with E-state index in [9.17, 15) is 4.39 Å². The summed E-state index contributed by atoms with van der Waals surface area (Å²) in [5.74, 6) is 0.611. The largest absolute Gasteiger partial charge is 0.486 e. The molecule has 1 aliphatic rings. The Morgan fingerprint density at radius 2 is 2.00 bits per heavy atom. The Morgan fingerprint density at radius 3 is 2.82 bits per heavy atom. The first-order valence-electron chi connectivity index (χ1n) is 3.33. The third kappa shape index (κ3) is 1.13. The van der Waals surface area contributed by atoms with Gasteiger partial charge in [-0.15, -0.1) is 0 Å². The molecule has 0 amide bonds. The number of halogens is 1. The lowest BCUT2D eigenvalue weighted by Crippen LogP contribution is -2.15. The second-order valence-corrected chi connectivity index (χ2v) is 2.21. The fourth-order valence-electron chi connectivity index (χ4n) is 0.962. The van der Waals surface area contributed by atoms with Gasteiger partial charge in [-0.3, -0.25) is 0 Å². The first-order valence-corrected chi connectivity index (χ1v) is 3.33. The van der Waals surface area contributed by atoms with E-state index >= 15 is 0 Å². The topological polar surface area (TPSA) is 18.5 Å². The molecule has 2 nitrogen and oxygen atoms in total. The van der Waals surface area contributed by atoms with Gasteiger partial charge in [-0.05, 0) is 6.07 Å². The van der Waals surface area contributed by atoms with Crippen LogP contribution < -0.4 is 9.47 Å². The molecule has 1 aromatic rings. The van der Waals surface area contributed by atoms with Crippen molar-refractivity contribution in [1.29, 1.82) is 0 Å². The van der Waals surface area contributed by atoms with Gasteiger partial charge in [-0.2, -0.15) is 0 Å². The molecular weight excluding hydrogens is 147 g/mol. The van der Waals surface area contributed by atoms with E-state index in [0.717, 1.165) is 0 Å². The molecule has 1 aromatic carbocycles. The Kier molecular flexibility index (Phi) is 1.42. The van der Waals surface area contributed by atoms with Crippen LogP contribution in [-0.2, 0) is 0 Å². The van der Waals surface area contributed by atoms with Crippen LogP contribution in [0.1, 0.15) is 0 Å². The fourth-order valence-corrected chi connectivity index (χ4v) is 0.962. The molecular formula is C8H6FO2. The van der Waals surface area contributed by atoms with Crippen molar-refractivity contribution >= 4 is 0 Å². The van der Waals surface area contributed by atoms with Crippen molar-refractivity contribution in [3.63, 3.8) is 0 Å². The lowest BCUT2D eigenvalue weighted by molar-refractivity contribution is 0.170. The van der Waals surface area contributed by atoms with Crippen LogP contribution >= 0.6 is 0 Å². The molecule has 1 radical (unpaired) electrons. The Bertz CT molecular complexity index is 273. The highest BCUT2D eigenvalue weighted by Crippen LogP contribution is 2.29. The summed E-state index contributed by atoms with van der Waals surface area (Å²) < 4.78 is 22.8. The van der Waals surface area contributed by atoms with Gasteiger partial charge >= 0.3 is 0 Å². The Morgan fingerprint density at radius 1 is 1.27 bits per heavy atom. The van der Waals surface area contributed by atoms with Gasteiger partial charge in [0.1, 0.15) is 19.0 Å². The first-order chi connectivity index (χ1) is 5.36. The van der Waals surface area contributed by atoms with Gasteiger partial charge in [-0.25, -0.2) is 4.39 Å². The standard InChI is InChI=1S/C8H6FO2/c9-6-1-2-7-8(5-6)11-4-3-10-7/h2,5H,3-4H2. The zero-order valence-electron chi connectivity index (χ0n) is 5.76. The van der Waals surface area contributed by atoms with Crippen molar-refractivity contribution in [2.45, 2.75) is 0 Å². The highest BCUT2D eigenvalue weighted by molar-refractivity contribution is 5.40. The summed E-state index contributed by atoms with van der Waals surface area (Å²) in [7, 11) is 0. The average Bonchev–Trinajstić information content (AvgIpc) is 2.04. The van der Waals surface area contributed by atoms with E-state index in [1.165, 1.54) is 12.1 Å². The summed E-state index contributed by atoms with van der Waals surface area (Å²) >= 11 is 0. The molecule has 0 N–H and O–H groups in total. The number of hydrogen-bond donors (Lipinski definition) is 0. The van der Waals surface area contributed by atoms with Crippen molar-refractivity contribution in [3.8, 4) is 11.5 Å². The van der Waals surface area contributed by atoms with Gasteiger partial charge in [0.05, 0.1) is 0 Å². The van der Waals surface area contributed by atoms with Crippen LogP contribution in [0.15, 0.2) is 12.1 Å². The van der Waals surface area contributed by atoms with Gasteiger partial charge in [0.15, 0.2) is 11.5 Å². The zero-order chi connectivity index (χ0) is 7.68. The average molecular weight is 153 g/mol. The van der Waals surface area contributed by atoms with Crippen LogP contribution in [0.3, 0.4) is 0 Å². The van der Waals surface area contributed by atoms with Crippen LogP contribution in [0.5, 0.6) is 11.5 Å². The van der Waals surface area contributed by atoms with Crippen molar-refractivity contribution in [2.75, 3.05) is 13.2 Å². The van der Waals surface area contributed by atoms with Crippen molar-refractivity contribution in [1.82, 2.24) is 0 Å². The van der Waals surface area contributed by atoms with E-state index in [4.69, 9.17) is 9.47 Å². The highest BCUT2D eigenvalue weighted by atomic mass is 19.1. The quantitative estimate of drug-likeness (QED) is 0.560.